The predicted molar refractivity (Wildman–Crippen MR) is 94.5 cm³/mol. The second kappa shape index (κ2) is 6.76. The standard InChI is InChI=1S/C18H17FN4OS/c19-14-7-3-1-5-11(14)9-12-10-20-18(25-12)21-17(24)16-13-6-2-4-8-15(13)22-23-16/h1,3,5,7,10H,2,4,6,8-9H2,(H,22,23)(H,20,21,24). The van der Waals surface area contributed by atoms with Crippen LogP contribution in [0.15, 0.2) is 30.5 Å². The van der Waals surface area contributed by atoms with Crippen LogP contribution in [0.4, 0.5) is 9.52 Å². The lowest BCUT2D eigenvalue weighted by atomic mass is 9.96. The number of rotatable bonds is 4. The van der Waals surface area contributed by atoms with Crippen molar-refractivity contribution >= 4 is 22.4 Å². The van der Waals surface area contributed by atoms with E-state index < -0.39 is 0 Å². The van der Waals surface area contributed by atoms with E-state index in [-0.39, 0.29) is 11.7 Å². The normalized spacial score (nSPS) is 13.5. The van der Waals surface area contributed by atoms with Crippen LogP contribution in [0.5, 0.6) is 0 Å². The molecule has 2 aromatic heterocycles. The molecule has 0 fully saturated rings. The number of amides is 1. The highest BCUT2D eigenvalue weighted by atomic mass is 32.1. The molecule has 2 heterocycles. The highest BCUT2D eigenvalue weighted by Gasteiger charge is 2.22. The number of halogens is 1. The molecule has 1 aliphatic carbocycles. The van der Waals surface area contributed by atoms with Gasteiger partial charge in [-0.2, -0.15) is 5.10 Å². The van der Waals surface area contributed by atoms with Crippen molar-refractivity contribution in [1.82, 2.24) is 15.2 Å². The topological polar surface area (TPSA) is 70.7 Å². The third-order valence-electron chi connectivity index (χ3n) is 4.37. The zero-order valence-corrected chi connectivity index (χ0v) is 14.3. The van der Waals surface area contributed by atoms with Crippen molar-refractivity contribution in [3.63, 3.8) is 0 Å². The number of hydrogen-bond acceptors (Lipinski definition) is 4. The van der Waals surface area contributed by atoms with Gasteiger partial charge in [0.2, 0.25) is 0 Å². The minimum atomic E-state index is -0.244. The highest BCUT2D eigenvalue weighted by Crippen LogP contribution is 2.25. The number of benzene rings is 1. The molecule has 0 atom stereocenters. The zero-order chi connectivity index (χ0) is 17.2. The van der Waals surface area contributed by atoms with Crippen molar-refractivity contribution in [2.24, 2.45) is 0 Å². The van der Waals surface area contributed by atoms with E-state index in [0.29, 0.717) is 22.8 Å². The Balaban J connectivity index is 1.47. The van der Waals surface area contributed by atoms with Crippen molar-refractivity contribution in [2.45, 2.75) is 32.1 Å². The summed E-state index contributed by atoms with van der Waals surface area (Å²) in [4.78, 5) is 17.6. The van der Waals surface area contributed by atoms with Gasteiger partial charge in [-0.3, -0.25) is 15.2 Å². The van der Waals surface area contributed by atoms with Gasteiger partial charge in [-0.1, -0.05) is 18.2 Å². The second-order valence-electron chi connectivity index (χ2n) is 6.09. The molecule has 1 aromatic carbocycles. The lowest BCUT2D eigenvalue weighted by Gasteiger charge is -2.10. The predicted octanol–water partition coefficient (Wildman–Crippen LogP) is 3.73. The number of thiazole rings is 1. The van der Waals surface area contributed by atoms with Crippen LogP contribution in [0, 0.1) is 5.82 Å². The molecule has 25 heavy (non-hydrogen) atoms. The van der Waals surface area contributed by atoms with Crippen LogP contribution in [-0.4, -0.2) is 21.1 Å². The molecule has 1 aliphatic rings. The average Bonchev–Trinajstić information content (AvgIpc) is 3.23. The fourth-order valence-electron chi connectivity index (χ4n) is 3.10. The van der Waals surface area contributed by atoms with Crippen LogP contribution in [0.1, 0.15) is 45.0 Å². The van der Waals surface area contributed by atoms with E-state index in [9.17, 15) is 9.18 Å². The smallest absolute Gasteiger partial charge is 0.278 e. The van der Waals surface area contributed by atoms with Crippen LogP contribution in [0.25, 0.3) is 0 Å². The summed E-state index contributed by atoms with van der Waals surface area (Å²) in [6.07, 6.45) is 6.16. The first-order chi connectivity index (χ1) is 12.2. The van der Waals surface area contributed by atoms with Crippen molar-refractivity contribution in [1.29, 1.82) is 0 Å². The summed E-state index contributed by atoms with van der Waals surface area (Å²) in [5.41, 5.74) is 3.16. The molecule has 5 nitrogen and oxygen atoms in total. The Kier molecular flexibility index (Phi) is 4.31. The maximum atomic E-state index is 13.7. The summed E-state index contributed by atoms with van der Waals surface area (Å²) in [6.45, 7) is 0. The molecule has 4 rings (SSSR count). The third-order valence-corrected chi connectivity index (χ3v) is 5.28. The Labute approximate surface area is 148 Å². The van der Waals surface area contributed by atoms with Crippen molar-refractivity contribution in [2.75, 3.05) is 5.32 Å². The lowest BCUT2D eigenvalue weighted by molar-refractivity contribution is 0.102. The number of carbonyl (C=O) groups is 1. The Hall–Kier alpha value is -2.54. The quantitative estimate of drug-likeness (QED) is 0.748. The number of anilines is 1. The molecule has 0 saturated heterocycles. The van der Waals surface area contributed by atoms with E-state index in [0.717, 1.165) is 41.8 Å². The van der Waals surface area contributed by atoms with Gasteiger partial charge >= 0.3 is 0 Å². The third kappa shape index (κ3) is 3.32. The first-order valence-electron chi connectivity index (χ1n) is 8.26. The minimum Gasteiger partial charge on any atom is -0.296 e. The molecular weight excluding hydrogens is 339 g/mol. The molecule has 128 valence electrons. The molecule has 0 aliphatic heterocycles. The zero-order valence-electron chi connectivity index (χ0n) is 13.5. The van der Waals surface area contributed by atoms with Gasteiger partial charge in [0.25, 0.3) is 5.91 Å². The average molecular weight is 356 g/mol. The molecule has 1 amide bonds. The van der Waals surface area contributed by atoms with Crippen LogP contribution >= 0.6 is 11.3 Å². The first kappa shape index (κ1) is 16.0. The maximum absolute atomic E-state index is 13.7. The molecule has 0 spiro atoms. The van der Waals surface area contributed by atoms with Crippen LogP contribution in [-0.2, 0) is 19.3 Å². The number of nitrogens with zero attached hydrogens (tertiary/aromatic N) is 2. The van der Waals surface area contributed by atoms with Gasteiger partial charge in [-0.05, 0) is 37.3 Å². The van der Waals surface area contributed by atoms with E-state index in [1.54, 1.807) is 18.3 Å². The highest BCUT2D eigenvalue weighted by molar-refractivity contribution is 7.15. The molecule has 0 saturated carbocycles. The molecule has 2 N–H and O–H groups in total. The number of nitrogens with one attached hydrogen (secondary N) is 2. The Morgan fingerprint density at radius 2 is 2.12 bits per heavy atom. The van der Waals surface area contributed by atoms with Crippen molar-refractivity contribution in [3.8, 4) is 0 Å². The van der Waals surface area contributed by atoms with Crippen LogP contribution in [0.3, 0.4) is 0 Å². The maximum Gasteiger partial charge on any atom is 0.278 e. The summed E-state index contributed by atoms with van der Waals surface area (Å²) in [7, 11) is 0. The number of carbonyl (C=O) groups excluding carboxylic acids is 1. The Bertz CT molecular complexity index is 917. The molecule has 0 unspecified atom stereocenters. The van der Waals surface area contributed by atoms with Gasteiger partial charge < -0.3 is 0 Å². The molecular formula is C18H17FN4OS. The van der Waals surface area contributed by atoms with Gasteiger partial charge in [0.05, 0.1) is 0 Å². The van der Waals surface area contributed by atoms with Gasteiger partial charge in [0, 0.05) is 28.8 Å². The first-order valence-corrected chi connectivity index (χ1v) is 9.08. The van der Waals surface area contributed by atoms with Gasteiger partial charge in [0.1, 0.15) is 5.82 Å². The second-order valence-corrected chi connectivity index (χ2v) is 7.21. The van der Waals surface area contributed by atoms with E-state index in [4.69, 9.17) is 0 Å². The SMILES string of the molecule is O=C(Nc1ncc(Cc2ccccc2F)s1)c1n[nH]c2c1CCCC2. The van der Waals surface area contributed by atoms with E-state index in [1.807, 2.05) is 6.07 Å². The van der Waals surface area contributed by atoms with Gasteiger partial charge in [-0.15, -0.1) is 11.3 Å². The Morgan fingerprint density at radius 3 is 3.00 bits per heavy atom. The number of aromatic nitrogens is 3. The number of hydrogen-bond donors (Lipinski definition) is 2. The monoisotopic (exact) mass is 356 g/mol. The van der Waals surface area contributed by atoms with E-state index >= 15 is 0 Å². The lowest BCUT2D eigenvalue weighted by Crippen LogP contribution is -2.15. The van der Waals surface area contributed by atoms with Gasteiger partial charge in [0.15, 0.2) is 10.8 Å². The summed E-state index contributed by atoms with van der Waals surface area (Å²) >= 11 is 1.35. The molecule has 3 aromatic rings. The summed E-state index contributed by atoms with van der Waals surface area (Å²) < 4.78 is 13.7. The van der Waals surface area contributed by atoms with Gasteiger partial charge in [-0.25, -0.2) is 9.37 Å². The van der Waals surface area contributed by atoms with E-state index in [1.165, 1.54) is 17.4 Å². The van der Waals surface area contributed by atoms with Crippen LogP contribution < -0.4 is 5.32 Å². The Morgan fingerprint density at radius 1 is 1.28 bits per heavy atom. The number of aryl methyl sites for hydroxylation is 1. The summed E-state index contributed by atoms with van der Waals surface area (Å²) in [5.74, 6) is -0.476. The van der Waals surface area contributed by atoms with E-state index in [2.05, 4.69) is 20.5 Å². The molecule has 7 heteroatoms. The molecule has 0 radical (unpaired) electrons. The number of aromatic amines is 1. The van der Waals surface area contributed by atoms with Crippen LogP contribution in [0.2, 0.25) is 0 Å². The van der Waals surface area contributed by atoms with Crippen molar-refractivity contribution in [3.05, 3.63) is 63.7 Å². The van der Waals surface area contributed by atoms with Crippen molar-refractivity contribution < 1.29 is 9.18 Å². The largest absolute Gasteiger partial charge is 0.296 e. The number of H-pyrrole nitrogens is 1. The fraction of sp³-hybridized carbons (Fsp3) is 0.278. The fourth-order valence-corrected chi connectivity index (χ4v) is 3.93. The summed E-state index contributed by atoms with van der Waals surface area (Å²) in [5, 5.41) is 10.4. The number of fused-ring (bicyclic) bond motifs is 1. The molecule has 0 bridgehead atoms. The minimum absolute atomic E-state index is 0.232. The summed E-state index contributed by atoms with van der Waals surface area (Å²) in [6, 6.07) is 6.67.